The van der Waals surface area contributed by atoms with Gasteiger partial charge >= 0.3 is 47.8 Å². The second-order valence-electron chi connectivity index (χ2n) is 14.4. The molecule has 0 unspecified atom stereocenters. The molecule has 0 saturated carbocycles. The summed E-state index contributed by atoms with van der Waals surface area (Å²) in [6.45, 7) is 0. The third-order valence-electron chi connectivity index (χ3n) is 10.3. The van der Waals surface area contributed by atoms with E-state index in [1.165, 1.54) is 0 Å². The van der Waals surface area contributed by atoms with Crippen molar-refractivity contribution in [1.82, 2.24) is 19.9 Å². The summed E-state index contributed by atoms with van der Waals surface area (Å²) >= 11 is 14.2. The molecule has 4 aromatic rings. The van der Waals surface area contributed by atoms with E-state index >= 15 is 0 Å². The molecule has 1 aliphatic heterocycles. The zero-order chi connectivity index (χ0) is 47.5. The normalized spacial score (nSPS) is 12.4. The molecule has 20 nitrogen and oxygen atoms in total. The van der Waals surface area contributed by atoms with Crippen LogP contribution in [-0.4, -0.2) is 109 Å². The van der Waals surface area contributed by atoms with Gasteiger partial charge in [0.25, 0.3) is 0 Å². The van der Waals surface area contributed by atoms with E-state index < -0.39 is 99.1 Å². The zero-order valence-electron chi connectivity index (χ0n) is 32.8. The summed E-state index contributed by atoms with van der Waals surface area (Å²) in [7, 11) is 0. The molecule has 0 amide bonds. The van der Waals surface area contributed by atoms with Gasteiger partial charge in [0.2, 0.25) is 0 Å². The van der Waals surface area contributed by atoms with Gasteiger partial charge in [0, 0.05) is 25.7 Å². The smallest absolute Gasteiger partial charge is 0.307 e. The number of aliphatic carboxylic acids is 8. The van der Waals surface area contributed by atoms with Crippen molar-refractivity contribution in [2.24, 2.45) is 0 Å². The van der Waals surface area contributed by atoms with Crippen molar-refractivity contribution in [3.63, 3.8) is 0 Å². The highest BCUT2D eigenvalue weighted by atomic mass is 79.9. The topological polar surface area (TPSA) is 362 Å². The van der Waals surface area contributed by atoms with Gasteiger partial charge in [-0.3, -0.25) is 38.4 Å². The van der Waals surface area contributed by atoms with Crippen LogP contribution in [0.25, 0.3) is 17.9 Å². The molecule has 0 radical (unpaired) electrons. The minimum absolute atomic E-state index is 0.000591. The van der Waals surface area contributed by atoms with Gasteiger partial charge in [0.15, 0.2) is 0 Å². The van der Waals surface area contributed by atoms with Crippen molar-refractivity contribution >= 4 is 129 Å². The van der Waals surface area contributed by atoms with E-state index in [2.05, 4.69) is 83.7 Å². The Kier molecular flexibility index (Phi) is 15.7. The Labute approximate surface area is 392 Å². The Morgan fingerprint density at radius 2 is 0.516 bits per heavy atom. The lowest BCUT2D eigenvalue weighted by Gasteiger charge is -2.08. The molecule has 0 atom stereocenters. The SMILES string of the molecule is O=C(O)CCc1c2[nH]c(c1CC(=O)O)C(Br)=c1[nH]c(c(CCC(=O)O)c1CC(=O)O)=C(Br)c1[nH]c(c(CCC(=O)O)c1CC(=O)O)C(Br)=c1[nH]c(c(CCC(=O)O)c1CC(=O)O)=C2Br. The van der Waals surface area contributed by atoms with E-state index in [4.69, 9.17) is 0 Å². The highest BCUT2D eigenvalue weighted by Gasteiger charge is 2.30. The van der Waals surface area contributed by atoms with Crippen molar-refractivity contribution in [2.45, 2.75) is 77.0 Å². The monoisotopic (exact) mass is 1140 g/mol. The van der Waals surface area contributed by atoms with Crippen molar-refractivity contribution < 1.29 is 79.2 Å². The quantitative estimate of drug-likeness (QED) is 0.0603. The van der Waals surface area contributed by atoms with E-state index in [1.54, 1.807) is 0 Å². The van der Waals surface area contributed by atoms with Crippen LogP contribution in [0.15, 0.2) is 0 Å². The van der Waals surface area contributed by atoms with Crippen LogP contribution in [0.5, 0.6) is 0 Å². The highest BCUT2D eigenvalue weighted by Crippen LogP contribution is 2.36. The van der Waals surface area contributed by atoms with Crippen LogP contribution in [0.2, 0.25) is 0 Å². The van der Waals surface area contributed by atoms with Gasteiger partial charge in [0.05, 0.1) is 87.8 Å². The standard InChI is InChI=1S/C40H36Br4N4O16/c41-29-33-13(1-5-21(49)50)17(9-25(57)58)37(45-33)30(42)35-15(3-7-23(53)54)18(10-26(59)60)38(47-35)31(43)36-16(4-8-24(55)56)20(12-28(63)64)40(48-36)32(44)39-19(11-27(61)62)14(34(29)46-39)2-6-22(51)52/h45-48H,1-12H2,(H,49,50)(H,51,52)(H,53,54)(H,55,56)(H,57,58)(H,59,60)(H,61,62)(H,63,64). The average molecular weight is 1150 g/mol. The molecule has 5 rings (SSSR count). The van der Waals surface area contributed by atoms with E-state index in [0.717, 1.165) is 0 Å². The lowest BCUT2D eigenvalue weighted by atomic mass is 9.97. The molecule has 64 heavy (non-hydrogen) atoms. The first-order valence-corrected chi connectivity index (χ1v) is 22.0. The predicted molar refractivity (Wildman–Crippen MR) is 237 cm³/mol. The summed E-state index contributed by atoms with van der Waals surface area (Å²) in [5.74, 6) is -10.5. The Balaban J connectivity index is 2.23. The van der Waals surface area contributed by atoms with Crippen LogP contribution in [0.3, 0.4) is 0 Å². The summed E-state index contributed by atoms with van der Waals surface area (Å²) in [6.07, 6.45) is -6.17. The first kappa shape index (κ1) is 49.3. The fourth-order valence-electron chi connectivity index (χ4n) is 7.73. The first-order chi connectivity index (χ1) is 30.0. The van der Waals surface area contributed by atoms with E-state index in [0.29, 0.717) is 0 Å². The number of carboxylic acids is 8. The third kappa shape index (κ3) is 10.8. The number of aromatic amines is 4. The lowest BCUT2D eigenvalue weighted by Crippen LogP contribution is -2.18. The fourth-order valence-corrected chi connectivity index (χ4v) is 10.4. The number of nitrogens with one attached hydrogen (secondary N) is 4. The van der Waals surface area contributed by atoms with Gasteiger partial charge in [-0.15, -0.1) is 0 Å². The molecule has 0 fully saturated rings. The maximum absolute atomic E-state index is 12.6. The van der Waals surface area contributed by atoms with Gasteiger partial charge < -0.3 is 60.8 Å². The lowest BCUT2D eigenvalue weighted by molar-refractivity contribution is -0.138. The third-order valence-corrected chi connectivity index (χ3v) is 13.5. The fraction of sp³-hybridized carbons (Fsp3) is 0.300. The molecule has 5 heterocycles. The number of carbonyl (C=O) groups is 8. The average Bonchev–Trinajstić information content (AvgIpc) is 3.93. The molecule has 4 aromatic heterocycles. The van der Waals surface area contributed by atoms with E-state index in [-0.39, 0.29) is 132 Å². The number of carboxylic acid groups (broad SMARTS) is 8. The van der Waals surface area contributed by atoms with Crippen molar-refractivity contribution in [3.05, 3.63) is 88.7 Å². The summed E-state index contributed by atoms with van der Waals surface area (Å²) in [5, 5.41) is 80.2. The van der Waals surface area contributed by atoms with Gasteiger partial charge in [0.1, 0.15) is 0 Å². The Morgan fingerprint density at radius 1 is 0.297 bits per heavy atom. The molecule has 0 aromatic carbocycles. The van der Waals surface area contributed by atoms with E-state index in [9.17, 15) is 79.2 Å². The van der Waals surface area contributed by atoms with Crippen LogP contribution in [0.4, 0.5) is 0 Å². The molecule has 0 spiro atoms. The summed E-state index contributed by atoms with van der Waals surface area (Å²) in [4.78, 5) is 111. The number of halogens is 4. The maximum atomic E-state index is 12.6. The van der Waals surface area contributed by atoms with Crippen molar-refractivity contribution in [1.29, 1.82) is 0 Å². The van der Waals surface area contributed by atoms with E-state index in [1.807, 2.05) is 0 Å². The minimum Gasteiger partial charge on any atom is -0.481 e. The molecule has 12 N–H and O–H groups in total. The van der Waals surface area contributed by atoms with Crippen LogP contribution in [0.1, 0.15) is 93.0 Å². The number of H-pyrrole nitrogens is 4. The number of hydrogen-bond donors (Lipinski definition) is 12. The first-order valence-electron chi connectivity index (χ1n) is 18.8. The second kappa shape index (κ2) is 20.4. The van der Waals surface area contributed by atoms with Crippen LogP contribution < -0.4 is 21.4 Å². The zero-order valence-corrected chi connectivity index (χ0v) is 39.2. The Morgan fingerprint density at radius 3 is 0.766 bits per heavy atom. The number of aromatic nitrogens is 4. The molecule has 1 aliphatic rings. The number of hydrogen-bond acceptors (Lipinski definition) is 8. The van der Waals surface area contributed by atoms with Crippen LogP contribution in [-0.2, 0) is 89.7 Å². The molecule has 340 valence electrons. The molecule has 24 heteroatoms. The van der Waals surface area contributed by atoms with Crippen molar-refractivity contribution in [2.75, 3.05) is 0 Å². The largest absolute Gasteiger partial charge is 0.481 e. The summed E-state index contributed by atoms with van der Waals surface area (Å²) < 4.78 is 0.106. The predicted octanol–water partition coefficient (Wildman–Crippen LogP) is 2.10. The summed E-state index contributed by atoms with van der Waals surface area (Å²) in [6, 6.07) is 0. The molecule has 0 saturated heterocycles. The number of fused-ring (bicyclic) bond motifs is 8. The number of rotatable bonds is 20. The van der Waals surface area contributed by atoms with Gasteiger partial charge in [-0.05, 0) is 134 Å². The highest BCUT2D eigenvalue weighted by molar-refractivity contribution is 9.15. The molecule has 8 bridgehead atoms. The van der Waals surface area contributed by atoms with Gasteiger partial charge in [-0.1, -0.05) is 0 Å². The Hall–Kier alpha value is -5.72. The molecular weight excluding hydrogens is 1110 g/mol. The minimum atomic E-state index is -1.36. The van der Waals surface area contributed by atoms with Gasteiger partial charge in [-0.25, -0.2) is 0 Å². The van der Waals surface area contributed by atoms with Gasteiger partial charge in [-0.2, -0.15) is 0 Å². The Bertz CT molecular complexity index is 2940. The molecular formula is C40H36Br4N4O16. The van der Waals surface area contributed by atoms with Crippen molar-refractivity contribution in [3.8, 4) is 0 Å². The summed E-state index contributed by atoms with van der Waals surface area (Å²) in [5.41, 5.74) is 0.833. The van der Waals surface area contributed by atoms with Crippen LogP contribution >= 0.6 is 63.7 Å². The molecule has 0 aliphatic carbocycles. The second-order valence-corrected chi connectivity index (χ2v) is 17.6. The van der Waals surface area contributed by atoms with Crippen LogP contribution in [0, 0.1) is 0 Å². The maximum Gasteiger partial charge on any atom is 0.307 e.